The van der Waals surface area contributed by atoms with E-state index < -0.39 is 29.9 Å². The third kappa shape index (κ3) is 5.00. The summed E-state index contributed by atoms with van der Waals surface area (Å²) in [5.41, 5.74) is -0.683. The summed E-state index contributed by atoms with van der Waals surface area (Å²) in [4.78, 5) is 41.0. The summed E-state index contributed by atoms with van der Waals surface area (Å²) in [6.07, 6.45) is -0.148. The molecule has 0 bridgehead atoms. The first-order chi connectivity index (χ1) is 10.7. The van der Waals surface area contributed by atoms with Gasteiger partial charge in [0.2, 0.25) is 0 Å². The molecule has 0 spiro atoms. The molecule has 2 saturated heterocycles. The SMILES string of the molecule is CC(C)(C)OC(=O)NC(CCS)C(=O)ON1C(=O)CCC2OC21. The molecule has 0 aliphatic carbocycles. The third-order valence-corrected chi connectivity index (χ3v) is 3.52. The summed E-state index contributed by atoms with van der Waals surface area (Å²) in [7, 11) is 0. The topological polar surface area (TPSA) is 97.5 Å². The highest BCUT2D eigenvalue weighted by Crippen LogP contribution is 2.35. The maximum Gasteiger partial charge on any atom is 0.408 e. The van der Waals surface area contributed by atoms with Crippen molar-refractivity contribution < 1.29 is 28.7 Å². The minimum Gasteiger partial charge on any atom is -0.444 e. The van der Waals surface area contributed by atoms with Crippen molar-refractivity contribution in [1.82, 2.24) is 10.4 Å². The average molecular weight is 346 g/mol. The predicted molar refractivity (Wildman–Crippen MR) is 82.5 cm³/mol. The van der Waals surface area contributed by atoms with E-state index in [9.17, 15) is 14.4 Å². The van der Waals surface area contributed by atoms with Gasteiger partial charge in [0, 0.05) is 6.42 Å². The van der Waals surface area contributed by atoms with Crippen LogP contribution in [0.2, 0.25) is 0 Å². The van der Waals surface area contributed by atoms with Gasteiger partial charge >= 0.3 is 12.1 Å². The molecule has 3 unspecified atom stereocenters. The van der Waals surface area contributed by atoms with Gasteiger partial charge in [0.1, 0.15) is 17.7 Å². The molecule has 9 heteroatoms. The maximum atomic E-state index is 12.2. The number of alkyl carbamates (subject to hydrolysis) is 1. The van der Waals surface area contributed by atoms with Gasteiger partial charge in [0.25, 0.3) is 5.91 Å². The summed E-state index contributed by atoms with van der Waals surface area (Å²) in [5, 5.41) is 3.40. The summed E-state index contributed by atoms with van der Waals surface area (Å²) >= 11 is 4.07. The number of nitrogens with one attached hydrogen (secondary N) is 1. The van der Waals surface area contributed by atoms with Crippen molar-refractivity contribution in [1.29, 1.82) is 0 Å². The number of carbonyl (C=O) groups excluding carboxylic acids is 3. The fraction of sp³-hybridized carbons (Fsp3) is 0.786. The number of hydrogen-bond donors (Lipinski definition) is 2. The van der Waals surface area contributed by atoms with E-state index in [1.165, 1.54) is 0 Å². The van der Waals surface area contributed by atoms with E-state index in [-0.39, 0.29) is 24.9 Å². The number of hydrogen-bond acceptors (Lipinski definition) is 7. The fourth-order valence-corrected chi connectivity index (χ4v) is 2.42. The molecular weight excluding hydrogens is 324 g/mol. The van der Waals surface area contributed by atoms with Gasteiger partial charge in [0.15, 0.2) is 6.23 Å². The Morgan fingerprint density at radius 2 is 2.17 bits per heavy atom. The van der Waals surface area contributed by atoms with Crippen molar-refractivity contribution in [2.45, 2.75) is 64.0 Å². The Kier molecular flexibility index (Phi) is 5.41. The zero-order valence-corrected chi connectivity index (χ0v) is 14.3. The van der Waals surface area contributed by atoms with E-state index in [1.807, 2.05) is 0 Å². The minimum atomic E-state index is -0.950. The quantitative estimate of drug-likeness (QED) is 0.569. The lowest BCUT2D eigenvalue weighted by Crippen LogP contribution is -2.48. The second kappa shape index (κ2) is 6.96. The van der Waals surface area contributed by atoms with Gasteiger partial charge in [-0.2, -0.15) is 12.6 Å². The van der Waals surface area contributed by atoms with Gasteiger partial charge in [0.05, 0.1) is 0 Å². The normalized spacial score (nSPS) is 24.5. The van der Waals surface area contributed by atoms with E-state index >= 15 is 0 Å². The highest BCUT2D eigenvalue weighted by Gasteiger charge is 2.52. The molecule has 2 rings (SSSR count). The highest BCUT2D eigenvalue weighted by molar-refractivity contribution is 7.80. The van der Waals surface area contributed by atoms with Crippen LogP contribution in [-0.4, -0.2) is 52.8 Å². The fourth-order valence-electron chi connectivity index (χ4n) is 2.16. The molecule has 3 atom stereocenters. The molecule has 2 aliphatic rings. The second-order valence-electron chi connectivity index (χ2n) is 6.44. The molecule has 2 fully saturated rings. The predicted octanol–water partition coefficient (Wildman–Crippen LogP) is 1.01. The lowest BCUT2D eigenvalue weighted by molar-refractivity contribution is -0.209. The number of carbonyl (C=O) groups is 3. The van der Waals surface area contributed by atoms with Crippen molar-refractivity contribution in [3.8, 4) is 0 Å². The number of nitrogens with zero attached hydrogens (tertiary/aromatic N) is 1. The smallest absolute Gasteiger partial charge is 0.408 e. The summed E-state index contributed by atoms with van der Waals surface area (Å²) in [5.74, 6) is -0.695. The second-order valence-corrected chi connectivity index (χ2v) is 6.89. The molecule has 0 saturated carbocycles. The zero-order chi connectivity index (χ0) is 17.2. The highest BCUT2D eigenvalue weighted by atomic mass is 32.1. The van der Waals surface area contributed by atoms with Crippen LogP contribution in [-0.2, 0) is 23.9 Å². The van der Waals surface area contributed by atoms with Gasteiger partial charge in [-0.25, -0.2) is 9.59 Å². The van der Waals surface area contributed by atoms with E-state index in [1.54, 1.807) is 20.8 Å². The summed E-state index contributed by atoms with van der Waals surface area (Å²) in [6.45, 7) is 5.15. The first-order valence-corrected chi connectivity index (χ1v) is 8.14. The molecule has 8 nitrogen and oxygen atoms in total. The molecule has 1 N–H and O–H groups in total. The molecule has 130 valence electrons. The van der Waals surface area contributed by atoms with Gasteiger partial charge in [-0.3, -0.25) is 4.79 Å². The van der Waals surface area contributed by atoms with Crippen LogP contribution in [0.15, 0.2) is 0 Å². The number of ether oxygens (including phenoxy) is 2. The minimum absolute atomic E-state index is 0.0670. The number of piperidine rings is 1. The van der Waals surface area contributed by atoms with Crippen molar-refractivity contribution in [3.63, 3.8) is 0 Å². The number of hydroxylamine groups is 2. The number of thiol groups is 1. The van der Waals surface area contributed by atoms with Crippen molar-refractivity contribution in [2.24, 2.45) is 0 Å². The average Bonchev–Trinajstić information content (AvgIpc) is 3.19. The van der Waals surface area contributed by atoms with E-state index in [0.717, 1.165) is 5.06 Å². The lowest BCUT2D eigenvalue weighted by atomic mass is 10.1. The van der Waals surface area contributed by atoms with Crippen LogP contribution in [0.4, 0.5) is 4.79 Å². The van der Waals surface area contributed by atoms with Gasteiger partial charge in [-0.05, 0) is 39.4 Å². The van der Waals surface area contributed by atoms with Crippen LogP contribution >= 0.6 is 12.6 Å². The Bertz CT molecular complexity index is 492. The number of rotatable bonds is 5. The van der Waals surface area contributed by atoms with Crippen molar-refractivity contribution >= 4 is 30.6 Å². The summed E-state index contributed by atoms with van der Waals surface area (Å²) in [6, 6.07) is -0.950. The Morgan fingerprint density at radius 3 is 2.78 bits per heavy atom. The van der Waals surface area contributed by atoms with Gasteiger partial charge in [-0.15, -0.1) is 5.06 Å². The van der Waals surface area contributed by atoms with Gasteiger partial charge < -0.3 is 19.6 Å². The number of fused-ring (bicyclic) bond motifs is 1. The molecule has 23 heavy (non-hydrogen) atoms. The molecule has 0 aromatic rings. The van der Waals surface area contributed by atoms with Crippen LogP contribution in [0, 0.1) is 0 Å². The number of amides is 2. The molecule has 2 aliphatic heterocycles. The van der Waals surface area contributed by atoms with Crippen LogP contribution in [0.3, 0.4) is 0 Å². The largest absolute Gasteiger partial charge is 0.444 e. The standard InChI is InChI=1S/C14H22N2O6S/c1-14(2,3)21-13(19)15-8(6-7-23)12(18)22-16-10(17)5-4-9-11(16)20-9/h8-9,11,23H,4-7H2,1-3H3,(H,15,19). The first-order valence-electron chi connectivity index (χ1n) is 7.51. The lowest BCUT2D eigenvalue weighted by Gasteiger charge is -2.26. The van der Waals surface area contributed by atoms with Crippen LogP contribution in [0.5, 0.6) is 0 Å². The van der Waals surface area contributed by atoms with Gasteiger partial charge in [-0.1, -0.05) is 0 Å². The molecule has 2 amide bonds. The molecule has 0 aromatic heterocycles. The molecular formula is C14H22N2O6S. The van der Waals surface area contributed by atoms with E-state index in [0.29, 0.717) is 12.2 Å². The zero-order valence-electron chi connectivity index (χ0n) is 13.4. The van der Waals surface area contributed by atoms with E-state index in [4.69, 9.17) is 14.3 Å². The van der Waals surface area contributed by atoms with Crippen LogP contribution in [0.25, 0.3) is 0 Å². The molecule has 2 heterocycles. The number of epoxide rings is 1. The Labute approximate surface area is 140 Å². The summed E-state index contributed by atoms with van der Waals surface area (Å²) < 4.78 is 10.4. The Balaban J connectivity index is 1.92. The third-order valence-electron chi connectivity index (χ3n) is 3.26. The molecule has 0 radical (unpaired) electrons. The van der Waals surface area contributed by atoms with Crippen molar-refractivity contribution in [3.05, 3.63) is 0 Å². The van der Waals surface area contributed by atoms with Crippen LogP contribution < -0.4 is 5.32 Å². The first kappa shape index (κ1) is 17.9. The Morgan fingerprint density at radius 1 is 1.48 bits per heavy atom. The molecule has 0 aromatic carbocycles. The van der Waals surface area contributed by atoms with E-state index in [2.05, 4.69) is 17.9 Å². The van der Waals surface area contributed by atoms with Crippen LogP contribution in [0.1, 0.15) is 40.0 Å². The monoisotopic (exact) mass is 346 g/mol. The van der Waals surface area contributed by atoms with Crippen molar-refractivity contribution in [2.75, 3.05) is 5.75 Å². The Hall–Kier alpha value is -1.48. The maximum absolute atomic E-state index is 12.2.